The smallest absolute Gasteiger partial charge is 0.274 e. The largest absolute Gasteiger partial charge is 0.383 e. The van der Waals surface area contributed by atoms with Crippen LogP contribution in [0.15, 0.2) is 36.5 Å². The third-order valence-electron chi connectivity index (χ3n) is 4.29. The lowest BCUT2D eigenvalue weighted by molar-refractivity contribution is -0.384. The number of ether oxygens (including phenoxy) is 1. The van der Waals surface area contributed by atoms with Gasteiger partial charge in [0.15, 0.2) is 5.69 Å². The lowest BCUT2D eigenvalue weighted by Crippen LogP contribution is -2.42. The molecule has 1 aromatic carbocycles. The Balaban J connectivity index is 2.27. The average molecular weight is 360 g/mol. The Labute approximate surface area is 152 Å². The van der Waals surface area contributed by atoms with Crippen molar-refractivity contribution in [2.75, 3.05) is 20.3 Å². The molecule has 0 aliphatic rings. The lowest BCUT2D eigenvalue weighted by Gasteiger charge is -2.29. The van der Waals surface area contributed by atoms with Crippen LogP contribution in [-0.4, -0.2) is 51.8 Å². The molecule has 0 radical (unpaired) electrons. The van der Waals surface area contributed by atoms with E-state index in [1.807, 2.05) is 13.8 Å². The Bertz CT molecular complexity index is 755. The molecule has 0 saturated carbocycles. The van der Waals surface area contributed by atoms with Crippen LogP contribution in [0.3, 0.4) is 0 Å². The zero-order chi connectivity index (χ0) is 19.1. The molecule has 0 spiro atoms. The number of non-ortho nitro benzene ring substituents is 1. The summed E-state index contributed by atoms with van der Waals surface area (Å²) in [6, 6.07) is 7.87. The summed E-state index contributed by atoms with van der Waals surface area (Å²) in [6.07, 6.45) is 3.32. The fraction of sp³-hybridized carbons (Fsp3) is 0.444. The van der Waals surface area contributed by atoms with Crippen molar-refractivity contribution in [3.63, 3.8) is 0 Å². The zero-order valence-corrected chi connectivity index (χ0v) is 15.3. The topological polar surface area (TPSA) is 90.5 Å². The highest BCUT2D eigenvalue weighted by Crippen LogP contribution is 2.18. The first kappa shape index (κ1) is 19.6. The summed E-state index contributed by atoms with van der Waals surface area (Å²) in [7, 11) is 1.60. The van der Waals surface area contributed by atoms with E-state index in [9.17, 15) is 14.9 Å². The van der Waals surface area contributed by atoms with Gasteiger partial charge in [0.2, 0.25) is 0 Å². The van der Waals surface area contributed by atoms with Crippen molar-refractivity contribution in [3.8, 4) is 5.69 Å². The van der Waals surface area contributed by atoms with E-state index in [1.54, 1.807) is 36.4 Å². The van der Waals surface area contributed by atoms with Gasteiger partial charge in [0.25, 0.3) is 11.6 Å². The molecule has 8 nitrogen and oxygen atoms in total. The van der Waals surface area contributed by atoms with E-state index in [0.717, 1.165) is 12.8 Å². The number of carbonyl (C=O) groups excluding carboxylic acids is 1. The molecular weight excluding hydrogens is 336 g/mol. The second-order valence-electron chi connectivity index (χ2n) is 5.88. The van der Waals surface area contributed by atoms with Gasteiger partial charge in [-0.05, 0) is 25.0 Å². The number of nitro benzene ring substituents is 1. The number of rotatable bonds is 9. The molecule has 0 bridgehead atoms. The van der Waals surface area contributed by atoms with E-state index < -0.39 is 4.92 Å². The normalized spacial score (nSPS) is 10.9. The Morgan fingerprint density at radius 3 is 2.69 bits per heavy atom. The van der Waals surface area contributed by atoms with Crippen LogP contribution >= 0.6 is 0 Å². The molecule has 2 aromatic rings. The van der Waals surface area contributed by atoms with E-state index in [4.69, 9.17) is 4.74 Å². The Morgan fingerprint density at radius 2 is 2.08 bits per heavy atom. The summed E-state index contributed by atoms with van der Waals surface area (Å²) in [5.74, 6) is -0.167. The summed E-state index contributed by atoms with van der Waals surface area (Å²) in [5, 5.41) is 15.3. The van der Waals surface area contributed by atoms with E-state index in [-0.39, 0.29) is 17.6 Å². The number of amides is 1. The van der Waals surface area contributed by atoms with E-state index in [1.165, 1.54) is 16.8 Å². The van der Waals surface area contributed by atoms with E-state index in [0.29, 0.717) is 24.5 Å². The van der Waals surface area contributed by atoms with Crippen molar-refractivity contribution in [1.82, 2.24) is 14.7 Å². The Morgan fingerprint density at radius 1 is 1.35 bits per heavy atom. The predicted molar refractivity (Wildman–Crippen MR) is 97.5 cm³/mol. The van der Waals surface area contributed by atoms with E-state index >= 15 is 0 Å². The van der Waals surface area contributed by atoms with Gasteiger partial charge in [-0.25, -0.2) is 4.68 Å². The fourth-order valence-electron chi connectivity index (χ4n) is 2.85. The van der Waals surface area contributed by atoms with Crippen molar-refractivity contribution in [3.05, 3.63) is 52.3 Å². The summed E-state index contributed by atoms with van der Waals surface area (Å²) < 4.78 is 6.60. The third-order valence-corrected chi connectivity index (χ3v) is 4.29. The second kappa shape index (κ2) is 9.10. The van der Waals surface area contributed by atoms with Crippen LogP contribution in [0.4, 0.5) is 5.69 Å². The predicted octanol–water partition coefficient (Wildman–Crippen LogP) is 3.06. The standard InChI is InChI=1S/C18H24N4O4/c1-4-14(5-2)20(11-12-26-3)18(23)17-9-10-21(19-17)15-7-6-8-16(13-15)22(24)25/h6-10,13-14H,4-5,11-12H2,1-3H3. The number of nitrogens with zero attached hydrogens (tertiary/aromatic N) is 4. The van der Waals surface area contributed by atoms with Gasteiger partial charge in [-0.3, -0.25) is 14.9 Å². The SMILES string of the molecule is CCC(CC)N(CCOC)C(=O)c1ccn(-c2cccc([N+](=O)[O-])c2)n1. The fourth-order valence-corrected chi connectivity index (χ4v) is 2.85. The van der Waals surface area contributed by atoms with Crippen LogP contribution in [0.25, 0.3) is 5.69 Å². The minimum absolute atomic E-state index is 0.0235. The zero-order valence-electron chi connectivity index (χ0n) is 15.3. The number of methoxy groups -OCH3 is 1. The Kier molecular flexibility index (Phi) is 6.85. The molecule has 1 aromatic heterocycles. The molecule has 0 aliphatic heterocycles. The van der Waals surface area contributed by atoms with Gasteiger partial charge >= 0.3 is 0 Å². The Hall–Kier alpha value is -2.74. The molecule has 26 heavy (non-hydrogen) atoms. The summed E-state index contributed by atoms with van der Waals surface area (Å²) in [5.41, 5.74) is 0.813. The minimum atomic E-state index is -0.460. The number of hydrogen-bond acceptors (Lipinski definition) is 5. The maximum absolute atomic E-state index is 12.9. The van der Waals surface area contributed by atoms with Crippen LogP contribution in [0.1, 0.15) is 37.2 Å². The van der Waals surface area contributed by atoms with Gasteiger partial charge in [0, 0.05) is 38.0 Å². The first-order chi connectivity index (χ1) is 12.5. The second-order valence-corrected chi connectivity index (χ2v) is 5.88. The summed E-state index contributed by atoms with van der Waals surface area (Å²) in [4.78, 5) is 25.2. The highest BCUT2D eigenvalue weighted by Gasteiger charge is 2.24. The summed E-state index contributed by atoms with van der Waals surface area (Å²) >= 11 is 0. The van der Waals surface area contributed by atoms with Gasteiger partial charge in [-0.2, -0.15) is 5.10 Å². The molecule has 140 valence electrons. The number of carbonyl (C=O) groups is 1. The van der Waals surface area contributed by atoms with Gasteiger partial charge in [-0.1, -0.05) is 19.9 Å². The van der Waals surface area contributed by atoms with Gasteiger partial charge in [0.1, 0.15) is 0 Å². The molecular formula is C18H24N4O4. The maximum Gasteiger partial charge on any atom is 0.274 e. The first-order valence-electron chi connectivity index (χ1n) is 8.62. The molecule has 0 fully saturated rings. The van der Waals surface area contributed by atoms with E-state index in [2.05, 4.69) is 5.10 Å². The molecule has 1 amide bonds. The lowest BCUT2D eigenvalue weighted by atomic mass is 10.1. The van der Waals surface area contributed by atoms with Crippen LogP contribution in [-0.2, 0) is 4.74 Å². The van der Waals surface area contributed by atoms with Crippen molar-refractivity contribution in [1.29, 1.82) is 0 Å². The number of nitro groups is 1. The van der Waals surface area contributed by atoms with Gasteiger partial charge in [-0.15, -0.1) is 0 Å². The van der Waals surface area contributed by atoms with Crippen LogP contribution in [0, 0.1) is 10.1 Å². The van der Waals surface area contributed by atoms with Crippen molar-refractivity contribution >= 4 is 11.6 Å². The molecule has 0 saturated heterocycles. The molecule has 0 unspecified atom stereocenters. The first-order valence-corrected chi connectivity index (χ1v) is 8.62. The number of aromatic nitrogens is 2. The van der Waals surface area contributed by atoms with Gasteiger partial charge < -0.3 is 9.64 Å². The van der Waals surface area contributed by atoms with Crippen LogP contribution in [0.2, 0.25) is 0 Å². The third kappa shape index (κ3) is 4.45. The van der Waals surface area contributed by atoms with Crippen molar-refractivity contribution in [2.24, 2.45) is 0 Å². The van der Waals surface area contributed by atoms with Crippen molar-refractivity contribution in [2.45, 2.75) is 32.7 Å². The molecule has 0 aliphatic carbocycles. The quantitative estimate of drug-likeness (QED) is 0.506. The average Bonchev–Trinajstić information content (AvgIpc) is 3.15. The maximum atomic E-state index is 12.9. The monoisotopic (exact) mass is 360 g/mol. The molecule has 0 atom stereocenters. The number of benzene rings is 1. The highest BCUT2D eigenvalue weighted by atomic mass is 16.6. The highest BCUT2D eigenvalue weighted by molar-refractivity contribution is 5.92. The number of hydrogen-bond donors (Lipinski definition) is 0. The van der Waals surface area contributed by atoms with Crippen LogP contribution in [0.5, 0.6) is 0 Å². The summed E-state index contributed by atoms with van der Waals surface area (Å²) in [6.45, 7) is 5.03. The molecule has 1 heterocycles. The minimum Gasteiger partial charge on any atom is -0.383 e. The molecule has 8 heteroatoms. The van der Waals surface area contributed by atoms with Crippen LogP contribution < -0.4 is 0 Å². The molecule has 2 rings (SSSR count). The van der Waals surface area contributed by atoms with Gasteiger partial charge in [0.05, 0.1) is 17.2 Å². The molecule has 0 N–H and O–H groups in total. The van der Waals surface area contributed by atoms with Crippen molar-refractivity contribution < 1.29 is 14.5 Å².